The van der Waals surface area contributed by atoms with Crippen LogP contribution in [0.1, 0.15) is 22.3 Å². The minimum absolute atomic E-state index is 0.562. The van der Waals surface area contributed by atoms with Crippen molar-refractivity contribution >= 4 is 43.7 Å². The SMILES string of the molecule is c1ccc2c(c1)Oc1cc(-c3ccc4oc5ccccc5c4c3)ccc1C21c2ccccc2-n2c3ccccc3c3cccc1c32. The minimum atomic E-state index is -0.562. The molecule has 214 valence electrons. The molecule has 4 heterocycles. The zero-order valence-electron chi connectivity index (χ0n) is 24.7. The summed E-state index contributed by atoms with van der Waals surface area (Å²) in [6, 6.07) is 54.6. The Balaban J connectivity index is 1.23. The number of benzene rings is 7. The molecular weight excluding hydrogens is 562 g/mol. The molecule has 7 aromatic carbocycles. The minimum Gasteiger partial charge on any atom is -0.457 e. The summed E-state index contributed by atoms with van der Waals surface area (Å²) in [5, 5.41) is 4.78. The zero-order valence-corrected chi connectivity index (χ0v) is 24.7. The third-order valence-electron chi connectivity index (χ3n) is 10.3. The number of aromatic nitrogens is 1. The summed E-state index contributed by atoms with van der Waals surface area (Å²) in [5.74, 6) is 1.77. The van der Waals surface area contributed by atoms with E-state index in [0.717, 1.165) is 55.7 Å². The van der Waals surface area contributed by atoms with Gasteiger partial charge in [-0.05, 0) is 64.7 Å². The Bertz CT molecular complexity index is 2750. The van der Waals surface area contributed by atoms with Crippen molar-refractivity contribution in [2.75, 3.05) is 0 Å². The van der Waals surface area contributed by atoms with Crippen LogP contribution in [0.2, 0.25) is 0 Å². The maximum atomic E-state index is 6.84. The second-order valence-corrected chi connectivity index (χ2v) is 12.4. The molecule has 3 heteroatoms. The Morgan fingerprint density at radius 1 is 0.435 bits per heavy atom. The second kappa shape index (κ2) is 8.56. The lowest BCUT2D eigenvalue weighted by atomic mass is 9.61. The number of furan rings is 1. The maximum absolute atomic E-state index is 6.84. The van der Waals surface area contributed by atoms with Crippen LogP contribution in [-0.2, 0) is 5.41 Å². The number of hydrogen-bond donors (Lipinski definition) is 0. The van der Waals surface area contributed by atoms with Gasteiger partial charge in [-0.1, -0.05) is 109 Å². The van der Waals surface area contributed by atoms with E-state index in [-0.39, 0.29) is 0 Å². The molecule has 0 fully saturated rings. The van der Waals surface area contributed by atoms with Crippen LogP contribution in [0.15, 0.2) is 156 Å². The van der Waals surface area contributed by atoms with Gasteiger partial charge in [0, 0.05) is 32.7 Å². The van der Waals surface area contributed by atoms with E-state index in [1.54, 1.807) is 0 Å². The maximum Gasteiger partial charge on any atom is 0.135 e. The first-order valence-corrected chi connectivity index (χ1v) is 15.8. The van der Waals surface area contributed by atoms with Gasteiger partial charge in [-0.25, -0.2) is 0 Å². The van der Waals surface area contributed by atoms with Gasteiger partial charge < -0.3 is 13.7 Å². The summed E-state index contributed by atoms with van der Waals surface area (Å²) >= 11 is 0. The van der Waals surface area contributed by atoms with Crippen LogP contribution in [0.4, 0.5) is 0 Å². The molecule has 0 saturated heterocycles. The van der Waals surface area contributed by atoms with E-state index in [2.05, 4.69) is 144 Å². The Hall–Kier alpha value is -6.06. The Morgan fingerprint density at radius 2 is 1.11 bits per heavy atom. The second-order valence-electron chi connectivity index (χ2n) is 12.4. The predicted molar refractivity (Wildman–Crippen MR) is 185 cm³/mol. The van der Waals surface area contributed by atoms with Crippen LogP contribution in [0.25, 0.3) is 60.6 Å². The Morgan fingerprint density at radius 3 is 2.07 bits per heavy atom. The Kier molecular flexibility index (Phi) is 4.52. The predicted octanol–water partition coefficient (Wildman–Crippen LogP) is 11.2. The van der Waals surface area contributed by atoms with Crippen LogP contribution in [0.3, 0.4) is 0 Å². The third-order valence-corrected chi connectivity index (χ3v) is 10.3. The standard InChI is InChI=1S/C43H25NO2/c1-5-16-36-28(10-1)30-12-9-15-35-42(30)44(36)37-17-6-3-13-32(37)43(35)33-14-4-8-19-40(33)46-41-25-27(20-22-34(41)43)26-21-23-39-31(24-26)29-11-2-7-18-38(29)45-39/h1-25H. The van der Waals surface area contributed by atoms with Crippen LogP contribution >= 0.6 is 0 Å². The van der Waals surface area contributed by atoms with Crippen LogP contribution in [-0.4, -0.2) is 4.57 Å². The van der Waals surface area contributed by atoms with E-state index in [1.807, 2.05) is 12.1 Å². The van der Waals surface area contributed by atoms with Crippen molar-refractivity contribution in [1.82, 2.24) is 4.57 Å². The fourth-order valence-electron chi connectivity index (χ4n) is 8.41. The monoisotopic (exact) mass is 587 g/mol. The van der Waals surface area contributed by atoms with Crippen molar-refractivity contribution in [3.05, 3.63) is 174 Å². The van der Waals surface area contributed by atoms with Crippen LogP contribution in [0.5, 0.6) is 11.5 Å². The van der Waals surface area contributed by atoms with E-state index in [9.17, 15) is 0 Å². The topological polar surface area (TPSA) is 27.3 Å². The van der Waals surface area contributed by atoms with E-state index in [4.69, 9.17) is 9.15 Å². The van der Waals surface area contributed by atoms with Crippen molar-refractivity contribution in [2.24, 2.45) is 0 Å². The number of para-hydroxylation sites is 5. The molecule has 1 atom stereocenters. The number of rotatable bonds is 1. The number of nitrogens with zero attached hydrogens (tertiary/aromatic N) is 1. The fourth-order valence-corrected chi connectivity index (χ4v) is 8.41. The molecule has 2 aromatic heterocycles. The van der Waals surface area contributed by atoms with Gasteiger partial charge in [0.25, 0.3) is 0 Å². The average Bonchev–Trinajstić information content (AvgIpc) is 3.66. The highest BCUT2D eigenvalue weighted by molar-refractivity contribution is 6.12. The van der Waals surface area contributed by atoms with E-state index in [0.29, 0.717) is 0 Å². The molecule has 46 heavy (non-hydrogen) atoms. The number of fused-ring (bicyclic) bond motifs is 14. The van der Waals surface area contributed by atoms with Gasteiger partial charge in [-0.15, -0.1) is 0 Å². The van der Waals surface area contributed by atoms with Crippen molar-refractivity contribution in [3.8, 4) is 28.3 Å². The quantitative estimate of drug-likeness (QED) is 0.191. The lowest BCUT2D eigenvalue weighted by molar-refractivity contribution is 0.434. The summed E-state index contributed by atoms with van der Waals surface area (Å²) < 4.78 is 15.4. The number of hydrogen-bond acceptors (Lipinski definition) is 2. The van der Waals surface area contributed by atoms with Gasteiger partial charge >= 0.3 is 0 Å². The molecule has 0 saturated carbocycles. The van der Waals surface area contributed by atoms with E-state index < -0.39 is 5.41 Å². The van der Waals surface area contributed by atoms with Gasteiger partial charge in [0.1, 0.15) is 22.7 Å². The molecule has 9 aromatic rings. The summed E-state index contributed by atoms with van der Waals surface area (Å²) in [6.45, 7) is 0. The molecule has 0 radical (unpaired) electrons. The molecule has 1 spiro atoms. The molecular formula is C43H25NO2. The summed E-state index contributed by atoms with van der Waals surface area (Å²) in [4.78, 5) is 0. The van der Waals surface area contributed by atoms with Crippen molar-refractivity contribution in [2.45, 2.75) is 5.41 Å². The first-order chi connectivity index (χ1) is 22.8. The highest BCUT2D eigenvalue weighted by Gasteiger charge is 2.50. The summed E-state index contributed by atoms with van der Waals surface area (Å²) in [6.07, 6.45) is 0. The van der Waals surface area contributed by atoms with Gasteiger partial charge in [0.15, 0.2) is 0 Å². The molecule has 0 N–H and O–H groups in total. The van der Waals surface area contributed by atoms with Gasteiger partial charge in [0.05, 0.1) is 22.1 Å². The highest BCUT2D eigenvalue weighted by Crippen LogP contribution is 2.60. The largest absolute Gasteiger partial charge is 0.457 e. The molecule has 1 unspecified atom stereocenters. The van der Waals surface area contributed by atoms with Crippen molar-refractivity contribution in [3.63, 3.8) is 0 Å². The third kappa shape index (κ3) is 2.89. The first-order valence-electron chi connectivity index (χ1n) is 15.8. The summed E-state index contributed by atoms with van der Waals surface area (Å²) in [5.41, 5.74) is 12.0. The molecule has 0 amide bonds. The van der Waals surface area contributed by atoms with Crippen LogP contribution in [0, 0.1) is 0 Å². The van der Waals surface area contributed by atoms with Gasteiger partial charge in [-0.2, -0.15) is 0 Å². The normalized spacial score (nSPS) is 16.1. The molecule has 11 rings (SSSR count). The molecule has 0 aliphatic carbocycles. The first kappa shape index (κ1) is 24.3. The van der Waals surface area contributed by atoms with Gasteiger partial charge in [-0.3, -0.25) is 0 Å². The van der Waals surface area contributed by atoms with Crippen molar-refractivity contribution in [1.29, 1.82) is 0 Å². The van der Waals surface area contributed by atoms with E-state index >= 15 is 0 Å². The number of ether oxygens (including phenoxy) is 1. The lowest BCUT2D eigenvalue weighted by Crippen LogP contribution is -2.37. The van der Waals surface area contributed by atoms with Crippen molar-refractivity contribution < 1.29 is 9.15 Å². The average molecular weight is 588 g/mol. The highest BCUT2D eigenvalue weighted by atomic mass is 16.5. The summed E-state index contributed by atoms with van der Waals surface area (Å²) in [7, 11) is 0. The Labute approximate surface area is 264 Å². The zero-order chi connectivity index (χ0) is 30.0. The molecule has 3 nitrogen and oxygen atoms in total. The van der Waals surface area contributed by atoms with Crippen LogP contribution < -0.4 is 4.74 Å². The lowest BCUT2D eigenvalue weighted by Gasteiger charge is -2.45. The molecule has 2 aliphatic rings. The smallest absolute Gasteiger partial charge is 0.135 e. The molecule has 2 aliphatic heterocycles. The molecule has 0 bridgehead atoms. The fraction of sp³-hybridized carbons (Fsp3) is 0.0233. The van der Waals surface area contributed by atoms with E-state index in [1.165, 1.54) is 38.6 Å². The van der Waals surface area contributed by atoms with Gasteiger partial charge in [0.2, 0.25) is 0 Å².